The van der Waals surface area contributed by atoms with Crippen molar-refractivity contribution in [2.45, 2.75) is 95.9 Å². The number of nitrogens with one attached hydrogen (secondary N) is 3. The van der Waals surface area contributed by atoms with E-state index in [0.717, 1.165) is 79.8 Å². The van der Waals surface area contributed by atoms with E-state index in [9.17, 15) is 10.1 Å². The fraction of sp³-hybridized carbons (Fsp3) is 0.636. The molecule has 0 amide bonds. The van der Waals surface area contributed by atoms with Crippen molar-refractivity contribution in [2.75, 3.05) is 43.6 Å². The van der Waals surface area contributed by atoms with E-state index in [-0.39, 0.29) is 12.0 Å². The minimum atomic E-state index is -0.703. The van der Waals surface area contributed by atoms with E-state index in [4.69, 9.17) is 19.2 Å². The zero-order valence-corrected chi connectivity index (χ0v) is 25.8. The number of carbonyl (C=O) groups excluding carboxylic acids is 1. The van der Waals surface area contributed by atoms with Crippen LogP contribution in [0.4, 0.5) is 11.6 Å². The minimum absolute atomic E-state index is 0.169. The number of aromatic nitrogens is 2. The van der Waals surface area contributed by atoms with E-state index >= 15 is 0 Å². The van der Waals surface area contributed by atoms with Gasteiger partial charge in [0.25, 0.3) is 0 Å². The third-order valence-electron chi connectivity index (χ3n) is 8.98. The monoisotopic (exact) mass is 590 g/mol. The summed E-state index contributed by atoms with van der Waals surface area (Å²) >= 11 is 0. The number of anilines is 2. The zero-order valence-electron chi connectivity index (χ0n) is 25.8. The number of esters is 1. The van der Waals surface area contributed by atoms with Gasteiger partial charge in [-0.3, -0.25) is 0 Å². The number of pyridine rings is 2. The topological polar surface area (TPSA) is 130 Å². The molecule has 1 saturated heterocycles. The van der Waals surface area contributed by atoms with Crippen LogP contribution < -0.4 is 16.0 Å². The molecule has 0 bridgehead atoms. The van der Waals surface area contributed by atoms with Crippen LogP contribution in [0.15, 0.2) is 30.5 Å². The number of rotatable bonds is 13. The van der Waals surface area contributed by atoms with Gasteiger partial charge in [-0.15, -0.1) is 0 Å². The lowest BCUT2D eigenvalue weighted by Crippen LogP contribution is -2.44. The lowest BCUT2D eigenvalue weighted by Gasteiger charge is -2.32. The molecule has 5 rings (SSSR count). The average molecular weight is 591 g/mol. The molecule has 2 saturated carbocycles. The van der Waals surface area contributed by atoms with Crippen LogP contribution in [0, 0.1) is 23.7 Å². The van der Waals surface area contributed by atoms with Crippen LogP contribution in [0.25, 0.3) is 11.3 Å². The largest absolute Gasteiger partial charge is 0.464 e. The van der Waals surface area contributed by atoms with Gasteiger partial charge in [0, 0.05) is 49.6 Å². The summed E-state index contributed by atoms with van der Waals surface area (Å²) in [7, 11) is 0. The second-order valence-corrected chi connectivity index (χ2v) is 12.4. The maximum Gasteiger partial charge on any atom is 0.338 e. The van der Waals surface area contributed by atoms with Crippen LogP contribution in [-0.2, 0) is 19.0 Å². The summed E-state index contributed by atoms with van der Waals surface area (Å²) in [4.78, 5) is 21.7. The number of ether oxygens (including phenoxy) is 3. The maximum absolute atomic E-state index is 12.2. The highest BCUT2D eigenvalue weighted by atomic mass is 16.6. The van der Waals surface area contributed by atoms with Crippen LogP contribution in [0.1, 0.15) is 70.8 Å². The summed E-state index contributed by atoms with van der Waals surface area (Å²) in [6.07, 6.45) is 9.10. The molecule has 3 heterocycles. The number of hydrogen-bond donors (Lipinski definition) is 3. The summed E-state index contributed by atoms with van der Waals surface area (Å²) in [5.41, 5.74) is 1.87. The van der Waals surface area contributed by atoms with Gasteiger partial charge >= 0.3 is 5.97 Å². The summed E-state index contributed by atoms with van der Waals surface area (Å²) in [5, 5.41) is 20.5. The highest BCUT2D eigenvalue weighted by Gasteiger charge is 2.53. The van der Waals surface area contributed by atoms with Gasteiger partial charge in [-0.1, -0.05) is 6.07 Å². The summed E-state index contributed by atoms with van der Waals surface area (Å²) in [5.74, 6) is 1.40. The van der Waals surface area contributed by atoms with Crippen LogP contribution in [0.2, 0.25) is 0 Å². The summed E-state index contributed by atoms with van der Waals surface area (Å²) in [6.45, 7) is 8.70. The van der Waals surface area contributed by atoms with Crippen LogP contribution in [0.3, 0.4) is 0 Å². The standard InChI is InChI=1S/C33H46N6O4/c1-4-42-31(40)33(12-13-33)43-20-24(3)37-25-8-10-26(11-9-25)38-30-18-27(23(2)19-35-30)28-6-5-7-29(39-28)36-22-32(21-34)14-16-41-17-15-32/h5-7,18-19,24-26,37H,4,8-17,20,22H2,1-3H3,(H,35,38)(H,36,39)/t24-,25?,26?/m0/s1. The van der Waals surface area contributed by atoms with Crippen LogP contribution >= 0.6 is 0 Å². The van der Waals surface area contributed by atoms with E-state index in [0.29, 0.717) is 45.1 Å². The van der Waals surface area contributed by atoms with Gasteiger partial charge in [0.2, 0.25) is 0 Å². The van der Waals surface area contributed by atoms with E-state index in [1.807, 2.05) is 31.3 Å². The molecule has 232 valence electrons. The van der Waals surface area contributed by atoms with Crippen molar-refractivity contribution < 1.29 is 19.0 Å². The smallest absolute Gasteiger partial charge is 0.338 e. The molecule has 10 heteroatoms. The Kier molecular flexibility index (Phi) is 10.2. The molecule has 3 fully saturated rings. The molecule has 1 aliphatic heterocycles. The Morgan fingerprint density at radius 3 is 2.58 bits per heavy atom. The molecular formula is C33H46N6O4. The molecular weight excluding hydrogens is 544 g/mol. The second kappa shape index (κ2) is 14.0. The first-order valence-corrected chi connectivity index (χ1v) is 15.8. The third-order valence-corrected chi connectivity index (χ3v) is 8.98. The van der Waals surface area contributed by atoms with Gasteiger partial charge in [-0.25, -0.2) is 14.8 Å². The first kappa shape index (κ1) is 31.2. The molecule has 0 spiro atoms. The van der Waals surface area contributed by atoms with Crippen molar-refractivity contribution in [3.63, 3.8) is 0 Å². The van der Waals surface area contributed by atoms with E-state index in [2.05, 4.69) is 46.9 Å². The van der Waals surface area contributed by atoms with Gasteiger partial charge in [-0.2, -0.15) is 5.26 Å². The molecule has 0 unspecified atom stereocenters. The predicted octanol–water partition coefficient (Wildman–Crippen LogP) is 5.00. The predicted molar refractivity (Wildman–Crippen MR) is 166 cm³/mol. The Balaban J connectivity index is 1.11. The molecule has 1 atom stereocenters. The molecule has 2 aromatic rings. The van der Waals surface area contributed by atoms with Gasteiger partial charge < -0.3 is 30.2 Å². The number of nitrogens with zero attached hydrogens (tertiary/aromatic N) is 3. The summed E-state index contributed by atoms with van der Waals surface area (Å²) in [6, 6.07) is 11.5. The van der Waals surface area contributed by atoms with Crippen molar-refractivity contribution in [3.05, 3.63) is 36.0 Å². The van der Waals surface area contributed by atoms with Gasteiger partial charge in [0.1, 0.15) is 11.6 Å². The van der Waals surface area contributed by atoms with Crippen molar-refractivity contribution in [1.82, 2.24) is 15.3 Å². The lowest BCUT2D eigenvalue weighted by atomic mass is 9.82. The molecule has 0 aromatic carbocycles. The Labute approximate surface area is 255 Å². The maximum atomic E-state index is 12.2. The fourth-order valence-corrected chi connectivity index (χ4v) is 6.04. The number of aryl methyl sites for hydroxylation is 1. The molecule has 43 heavy (non-hydrogen) atoms. The lowest BCUT2D eigenvalue weighted by molar-refractivity contribution is -0.160. The van der Waals surface area contributed by atoms with Gasteiger partial charge in [0.05, 0.1) is 30.4 Å². The Morgan fingerprint density at radius 2 is 1.88 bits per heavy atom. The van der Waals surface area contributed by atoms with Crippen molar-refractivity contribution >= 4 is 17.6 Å². The molecule has 2 aromatic heterocycles. The highest BCUT2D eigenvalue weighted by molar-refractivity contribution is 5.82. The minimum Gasteiger partial charge on any atom is -0.464 e. The number of hydrogen-bond acceptors (Lipinski definition) is 10. The first-order valence-electron chi connectivity index (χ1n) is 15.8. The van der Waals surface area contributed by atoms with E-state index < -0.39 is 11.0 Å². The molecule has 10 nitrogen and oxygen atoms in total. The molecule has 2 aliphatic carbocycles. The molecule has 0 radical (unpaired) electrons. The molecule has 3 N–H and O–H groups in total. The molecule has 3 aliphatic rings. The highest BCUT2D eigenvalue weighted by Crippen LogP contribution is 2.41. The zero-order chi connectivity index (χ0) is 30.3. The van der Waals surface area contributed by atoms with Crippen molar-refractivity contribution in [1.29, 1.82) is 5.26 Å². The van der Waals surface area contributed by atoms with Gasteiger partial charge in [0.15, 0.2) is 5.60 Å². The quantitative estimate of drug-likeness (QED) is 0.274. The fourth-order valence-electron chi connectivity index (χ4n) is 6.04. The Bertz CT molecular complexity index is 1280. The Morgan fingerprint density at radius 1 is 1.14 bits per heavy atom. The summed E-state index contributed by atoms with van der Waals surface area (Å²) < 4.78 is 16.6. The SMILES string of the molecule is CCOC(=O)C1(OC[C@H](C)NC2CCC(Nc3cc(-c4cccc(NCC5(C#N)CCOCC5)n4)c(C)cn3)CC2)CC1. The number of nitriles is 1. The van der Waals surface area contributed by atoms with Crippen molar-refractivity contribution in [2.24, 2.45) is 5.41 Å². The van der Waals surface area contributed by atoms with Gasteiger partial charge in [-0.05, 0) is 95.9 Å². The first-order chi connectivity index (χ1) is 20.8. The third kappa shape index (κ3) is 8.02. The second-order valence-electron chi connectivity index (χ2n) is 12.4. The number of carbonyl (C=O) groups is 1. The normalized spacial score (nSPS) is 23.0. The van der Waals surface area contributed by atoms with Crippen LogP contribution in [0.5, 0.6) is 0 Å². The van der Waals surface area contributed by atoms with Crippen molar-refractivity contribution in [3.8, 4) is 17.3 Å². The average Bonchev–Trinajstić information content (AvgIpc) is 3.83. The van der Waals surface area contributed by atoms with E-state index in [1.54, 1.807) is 0 Å². The Hall–Kier alpha value is -3.26. The van der Waals surface area contributed by atoms with Crippen LogP contribution in [-0.4, -0.2) is 72.6 Å². The van der Waals surface area contributed by atoms with E-state index in [1.165, 1.54) is 0 Å².